The molecule has 2 aliphatic rings. The van der Waals surface area contributed by atoms with Crippen LogP contribution in [0.25, 0.3) is 46.4 Å². The van der Waals surface area contributed by atoms with Crippen LogP contribution in [0.5, 0.6) is 0 Å². The van der Waals surface area contributed by atoms with Crippen LogP contribution < -0.4 is 0 Å². The van der Waals surface area contributed by atoms with Gasteiger partial charge in [0.25, 0.3) is 0 Å². The van der Waals surface area contributed by atoms with Crippen LogP contribution >= 0.6 is 22.6 Å². The van der Waals surface area contributed by atoms with Crippen molar-refractivity contribution in [1.82, 2.24) is 19.9 Å². The van der Waals surface area contributed by atoms with Crippen molar-refractivity contribution in [3.8, 4) is 0 Å². The molecule has 8 bridgehead atoms. The molecule has 5 heterocycles. The quantitative estimate of drug-likeness (QED) is 0.229. The van der Waals surface area contributed by atoms with Gasteiger partial charge < -0.3 is 9.97 Å². The zero-order valence-electron chi connectivity index (χ0n) is 13.5. The van der Waals surface area contributed by atoms with Gasteiger partial charge >= 0.3 is 0 Å². The van der Waals surface area contributed by atoms with E-state index in [9.17, 15) is 0 Å². The average Bonchev–Trinajstić information content (AvgIpc) is 3.33. The minimum Gasteiger partial charge on any atom is -0.355 e. The number of fused-ring (bicyclic) bond motifs is 8. The van der Waals surface area contributed by atoms with E-state index in [1.165, 1.54) is 0 Å². The van der Waals surface area contributed by atoms with Gasteiger partial charge in [0.05, 0.1) is 28.3 Å². The maximum Gasteiger partial charge on any atom is 0.0658 e. The molecule has 6 heteroatoms. The first kappa shape index (κ1) is 17.3. The molecule has 0 saturated heterocycles. The van der Waals surface area contributed by atoms with Crippen molar-refractivity contribution < 1.29 is 17.1 Å². The molecule has 0 fully saturated rings. The fourth-order valence-electron chi connectivity index (χ4n) is 2.98. The Kier molecular flexibility index (Phi) is 4.56. The number of hydrogen-bond acceptors (Lipinski definition) is 2. The van der Waals surface area contributed by atoms with Gasteiger partial charge in [-0.25, -0.2) is 9.97 Å². The fraction of sp³-hybridized carbons (Fsp3) is 0. The number of aromatic amines is 2. The number of H-pyrrole nitrogens is 2. The molecule has 0 saturated carbocycles. The summed E-state index contributed by atoms with van der Waals surface area (Å²) in [6.45, 7) is 0. The first-order valence-corrected chi connectivity index (χ1v) is 9.03. The number of nitrogens with one attached hydrogen (secondary N) is 2. The van der Waals surface area contributed by atoms with Crippen LogP contribution in [0.3, 0.4) is 0 Å². The molecule has 5 rings (SSSR count). The Morgan fingerprint density at radius 3 is 1.69 bits per heavy atom. The summed E-state index contributed by atoms with van der Waals surface area (Å²) >= 11 is 2.34. The van der Waals surface area contributed by atoms with E-state index in [-0.39, 0.29) is 17.1 Å². The zero-order chi connectivity index (χ0) is 16.8. The summed E-state index contributed by atoms with van der Waals surface area (Å²) in [4.78, 5) is 16.2. The number of nitrogens with zero attached hydrogens (tertiary/aromatic N) is 2. The third-order valence-corrected chi connectivity index (χ3v) is 5.01. The topological polar surface area (TPSA) is 57.4 Å². The predicted octanol–water partition coefficient (Wildman–Crippen LogP) is 5.26. The van der Waals surface area contributed by atoms with Gasteiger partial charge in [-0.05, 0) is 89.4 Å². The number of rotatable bonds is 0. The summed E-state index contributed by atoms with van der Waals surface area (Å²) in [6, 6.07) is 14.4. The molecule has 128 valence electrons. The summed E-state index contributed by atoms with van der Waals surface area (Å²) in [5.41, 5.74) is 7.90. The van der Waals surface area contributed by atoms with Crippen molar-refractivity contribution in [2.45, 2.75) is 0 Å². The van der Waals surface area contributed by atoms with E-state index in [0.717, 1.165) is 48.4 Å². The van der Waals surface area contributed by atoms with E-state index in [0.29, 0.717) is 0 Å². The molecule has 2 aliphatic heterocycles. The van der Waals surface area contributed by atoms with Crippen LogP contribution in [0.15, 0.2) is 42.5 Å². The largest absolute Gasteiger partial charge is 0.355 e. The third kappa shape index (κ3) is 3.40. The first-order chi connectivity index (χ1) is 12.2. The van der Waals surface area contributed by atoms with Gasteiger partial charge in [-0.3, -0.25) is 0 Å². The fourth-order valence-corrected chi connectivity index (χ4v) is 3.61. The normalized spacial score (nSPS) is 12.2. The zero-order valence-corrected chi connectivity index (χ0v) is 16.7. The van der Waals surface area contributed by atoms with E-state index in [1.54, 1.807) is 0 Å². The van der Waals surface area contributed by atoms with Gasteiger partial charge in [0.2, 0.25) is 0 Å². The van der Waals surface area contributed by atoms with E-state index in [4.69, 9.17) is 0 Å². The molecule has 0 radical (unpaired) electrons. The molecule has 0 unspecified atom stereocenters. The van der Waals surface area contributed by atoms with E-state index in [2.05, 4.69) is 72.9 Å². The minimum absolute atomic E-state index is 0. The van der Waals surface area contributed by atoms with Crippen molar-refractivity contribution >= 4 is 69.0 Å². The second kappa shape index (κ2) is 6.87. The van der Waals surface area contributed by atoms with Crippen LogP contribution in [0.1, 0.15) is 22.8 Å². The number of hydrogen-bond donors (Lipinski definition) is 2. The summed E-state index contributed by atoms with van der Waals surface area (Å²) < 4.78 is 1.16. The van der Waals surface area contributed by atoms with E-state index >= 15 is 0 Å². The van der Waals surface area contributed by atoms with Crippen LogP contribution in [0, 0.1) is 3.57 Å². The number of aromatic nitrogens is 4. The van der Waals surface area contributed by atoms with Gasteiger partial charge in [-0.15, -0.1) is 0 Å². The molecule has 26 heavy (non-hydrogen) atoms. The summed E-state index contributed by atoms with van der Waals surface area (Å²) in [5, 5.41) is 0. The molecule has 0 aromatic carbocycles. The maximum absolute atomic E-state index is 4.67. The van der Waals surface area contributed by atoms with Crippen molar-refractivity contribution in [2.24, 2.45) is 0 Å². The molecule has 0 aliphatic carbocycles. The molecule has 0 atom stereocenters. The SMILES string of the molecule is Ic1cc2cc3nc(cc4ccc(cc5nc(cc1[nH]2)C=C5)[nH]4)C=C3.[Fe]. The van der Waals surface area contributed by atoms with Gasteiger partial charge in [-0.1, -0.05) is 0 Å². The molecule has 2 N–H and O–H groups in total. The third-order valence-electron chi connectivity index (χ3n) is 4.12. The summed E-state index contributed by atoms with van der Waals surface area (Å²) in [6.07, 6.45) is 8.12. The first-order valence-electron chi connectivity index (χ1n) is 7.95. The molecule has 0 amide bonds. The van der Waals surface area contributed by atoms with Crippen LogP contribution in [-0.4, -0.2) is 19.9 Å². The molecular formula is C20H13FeIN4. The van der Waals surface area contributed by atoms with Gasteiger partial charge in [0.15, 0.2) is 0 Å². The molecule has 4 nitrogen and oxygen atoms in total. The monoisotopic (exact) mass is 492 g/mol. The van der Waals surface area contributed by atoms with Gasteiger partial charge in [0, 0.05) is 37.2 Å². The van der Waals surface area contributed by atoms with Crippen molar-refractivity contribution in [2.75, 3.05) is 0 Å². The van der Waals surface area contributed by atoms with Crippen molar-refractivity contribution in [3.63, 3.8) is 0 Å². The van der Waals surface area contributed by atoms with Crippen LogP contribution in [0.2, 0.25) is 0 Å². The Hall–Kier alpha value is -2.15. The Morgan fingerprint density at radius 2 is 1.12 bits per heavy atom. The van der Waals surface area contributed by atoms with E-state index in [1.807, 2.05) is 36.4 Å². The minimum atomic E-state index is 0. The molecular weight excluding hydrogens is 479 g/mol. The Morgan fingerprint density at radius 1 is 0.615 bits per heavy atom. The number of halogens is 1. The van der Waals surface area contributed by atoms with E-state index < -0.39 is 0 Å². The van der Waals surface area contributed by atoms with Crippen molar-refractivity contribution in [1.29, 1.82) is 0 Å². The summed E-state index contributed by atoms with van der Waals surface area (Å²) in [5.74, 6) is 0. The van der Waals surface area contributed by atoms with Crippen LogP contribution in [0.4, 0.5) is 0 Å². The molecule has 0 spiro atoms. The van der Waals surface area contributed by atoms with Crippen LogP contribution in [-0.2, 0) is 17.1 Å². The van der Waals surface area contributed by atoms with Gasteiger partial charge in [0.1, 0.15) is 0 Å². The smallest absolute Gasteiger partial charge is 0.0658 e. The predicted molar refractivity (Wildman–Crippen MR) is 112 cm³/mol. The van der Waals surface area contributed by atoms with Crippen molar-refractivity contribution in [3.05, 3.63) is 68.8 Å². The second-order valence-corrected chi connectivity index (χ2v) is 7.18. The Labute approximate surface area is 174 Å². The molecule has 3 aromatic heterocycles. The van der Waals surface area contributed by atoms with Gasteiger partial charge in [-0.2, -0.15) is 0 Å². The second-order valence-electron chi connectivity index (χ2n) is 6.02. The average molecular weight is 492 g/mol. The summed E-state index contributed by atoms with van der Waals surface area (Å²) in [7, 11) is 0. The maximum atomic E-state index is 4.67. The Balaban J connectivity index is 0.00000168. The standard InChI is InChI=1S/C20H13IN4.Fe/c21-19-10-18-9-16-4-3-14(23-16)7-12-1-2-13(22-12)8-15-5-6-17(24-15)11-20(19)25-18;/h1-11,22,25H;. The Bertz CT molecular complexity index is 1220. The molecule has 3 aromatic rings.